The van der Waals surface area contributed by atoms with Crippen molar-refractivity contribution < 1.29 is 19.0 Å². The summed E-state index contributed by atoms with van der Waals surface area (Å²) < 4.78 is 16.8. The van der Waals surface area contributed by atoms with Gasteiger partial charge in [0.1, 0.15) is 0 Å². The Morgan fingerprint density at radius 3 is 2.81 bits per heavy atom. The number of carbonyl (C=O) groups is 1. The van der Waals surface area contributed by atoms with Gasteiger partial charge in [0.25, 0.3) is 5.97 Å². The maximum atomic E-state index is 11.5. The highest BCUT2D eigenvalue weighted by molar-refractivity contribution is 5.91. The molecular weight excluding hydrogens is 208 g/mol. The fourth-order valence-electron chi connectivity index (χ4n) is 2.91. The van der Waals surface area contributed by atoms with Crippen molar-refractivity contribution in [3.05, 3.63) is 11.6 Å². The molecule has 2 fully saturated rings. The molecule has 0 aromatic heterocycles. The van der Waals surface area contributed by atoms with Crippen molar-refractivity contribution in [2.45, 2.75) is 25.7 Å². The van der Waals surface area contributed by atoms with Gasteiger partial charge in [-0.15, -0.1) is 0 Å². The highest BCUT2D eigenvalue weighted by Gasteiger charge is 2.48. The summed E-state index contributed by atoms with van der Waals surface area (Å²) in [5, 5.41) is 0. The lowest BCUT2D eigenvalue weighted by atomic mass is 9.75. The van der Waals surface area contributed by atoms with Gasteiger partial charge >= 0.3 is 0 Å². The van der Waals surface area contributed by atoms with Crippen molar-refractivity contribution in [2.24, 2.45) is 11.8 Å². The molecule has 3 aliphatic rings. The average molecular weight is 224 g/mol. The molecule has 1 aliphatic carbocycles. The summed E-state index contributed by atoms with van der Waals surface area (Å²) in [6, 6.07) is 0. The monoisotopic (exact) mass is 224 g/mol. The van der Waals surface area contributed by atoms with Crippen LogP contribution in [0.5, 0.6) is 0 Å². The van der Waals surface area contributed by atoms with Crippen LogP contribution < -0.4 is 0 Å². The van der Waals surface area contributed by atoms with E-state index in [1.807, 2.05) is 6.92 Å². The van der Waals surface area contributed by atoms with Gasteiger partial charge in [-0.2, -0.15) is 0 Å². The molecule has 2 aliphatic heterocycles. The smallest absolute Gasteiger partial charge is 0.283 e. The Bertz CT molecular complexity index is 341. The van der Waals surface area contributed by atoms with E-state index >= 15 is 0 Å². The molecule has 0 radical (unpaired) electrons. The number of ketones is 1. The lowest BCUT2D eigenvalue weighted by Gasteiger charge is -2.42. The molecule has 4 nitrogen and oxygen atoms in total. The zero-order valence-electron chi connectivity index (χ0n) is 9.40. The van der Waals surface area contributed by atoms with Gasteiger partial charge in [0.15, 0.2) is 5.78 Å². The maximum Gasteiger partial charge on any atom is 0.283 e. The quantitative estimate of drug-likeness (QED) is 0.621. The second-order valence-corrected chi connectivity index (χ2v) is 4.82. The minimum Gasteiger partial charge on any atom is -0.327 e. The van der Waals surface area contributed by atoms with Crippen molar-refractivity contribution in [1.29, 1.82) is 0 Å². The lowest BCUT2D eigenvalue weighted by molar-refractivity contribution is -0.359. The van der Waals surface area contributed by atoms with E-state index in [9.17, 15) is 4.79 Å². The molecule has 2 atom stereocenters. The minimum atomic E-state index is -0.848. The van der Waals surface area contributed by atoms with Crippen molar-refractivity contribution in [3.8, 4) is 0 Å². The first-order valence-electron chi connectivity index (χ1n) is 5.81. The Kier molecular flexibility index (Phi) is 2.38. The van der Waals surface area contributed by atoms with E-state index < -0.39 is 5.97 Å². The fraction of sp³-hybridized carbons (Fsp3) is 0.750. The van der Waals surface area contributed by atoms with Crippen LogP contribution in [0.25, 0.3) is 0 Å². The third-order valence-electron chi connectivity index (χ3n) is 3.73. The molecule has 16 heavy (non-hydrogen) atoms. The number of hydrogen-bond acceptors (Lipinski definition) is 4. The fourth-order valence-corrected chi connectivity index (χ4v) is 2.91. The van der Waals surface area contributed by atoms with Crippen LogP contribution in [-0.4, -0.2) is 31.6 Å². The van der Waals surface area contributed by atoms with Gasteiger partial charge in [0.2, 0.25) is 0 Å². The first-order valence-corrected chi connectivity index (χ1v) is 5.81. The number of allylic oxidation sites excluding steroid dienone is 1. The lowest BCUT2D eigenvalue weighted by Crippen LogP contribution is -2.46. The summed E-state index contributed by atoms with van der Waals surface area (Å²) >= 11 is 0. The molecule has 0 unspecified atom stereocenters. The summed E-state index contributed by atoms with van der Waals surface area (Å²) in [7, 11) is 0. The van der Waals surface area contributed by atoms with E-state index in [2.05, 4.69) is 0 Å². The Morgan fingerprint density at radius 1 is 1.31 bits per heavy atom. The molecule has 2 heterocycles. The zero-order chi connectivity index (χ0) is 11.2. The largest absolute Gasteiger partial charge is 0.327 e. The first-order chi connectivity index (χ1) is 7.69. The summed E-state index contributed by atoms with van der Waals surface area (Å²) in [6.07, 6.45) is 3.02. The van der Waals surface area contributed by atoms with E-state index in [-0.39, 0.29) is 5.78 Å². The highest BCUT2D eigenvalue weighted by Crippen LogP contribution is 2.43. The zero-order valence-corrected chi connectivity index (χ0v) is 9.40. The van der Waals surface area contributed by atoms with Crippen LogP contribution in [0.3, 0.4) is 0 Å². The van der Waals surface area contributed by atoms with Gasteiger partial charge in [0, 0.05) is 18.8 Å². The number of rotatable bonds is 0. The molecule has 0 saturated carbocycles. The van der Waals surface area contributed by atoms with Crippen molar-refractivity contribution in [3.63, 3.8) is 0 Å². The maximum absolute atomic E-state index is 11.5. The summed E-state index contributed by atoms with van der Waals surface area (Å²) in [5.41, 5.74) is 1.13. The molecule has 3 rings (SSSR count). The normalized spacial score (nSPS) is 37.3. The predicted molar refractivity (Wildman–Crippen MR) is 55.6 cm³/mol. The topological polar surface area (TPSA) is 44.8 Å². The van der Waals surface area contributed by atoms with E-state index in [1.54, 1.807) is 6.08 Å². The number of ether oxygens (including phenoxy) is 3. The molecule has 0 aromatic carbocycles. The van der Waals surface area contributed by atoms with Crippen LogP contribution in [0.2, 0.25) is 0 Å². The molecule has 88 valence electrons. The van der Waals surface area contributed by atoms with E-state index in [0.717, 1.165) is 5.57 Å². The SMILES string of the molecule is CC1=CC(=O)C[C@H]2CC3(OCCO3)OC[C@H]12. The molecule has 2 saturated heterocycles. The van der Waals surface area contributed by atoms with Gasteiger partial charge in [-0.05, 0) is 18.9 Å². The molecule has 0 N–H and O–H groups in total. The van der Waals surface area contributed by atoms with Crippen LogP contribution in [0.15, 0.2) is 11.6 Å². The Labute approximate surface area is 94.5 Å². The molecule has 1 spiro atoms. The predicted octanol–water partition coefficient (Wildman–Crippen LogP) is 1.26. The summed E-state index contributed by atoms with van der Waals surface area (Å²) in [5.74, 6) is 0.0354. The third-order valence-corrected chi connectivity index (χ3v) is 3.73. The second kappa shape index (κ2) is 3.65. The molecule has 0 bridgehead atoms. The Hall–Kier alpha value is -0.710. The number of fused-ring (bicyclic) bond motifs is 1. The standard InChI is InChI=1S/C12H16O4/c1-8-4-10(13)5-9-6-12(14-2-3-15-12)16-7-11(8)9/h4,9,11H,2-3,5-7H2,1H3/t9-,11+/m0/s1. The Balaban J connectivity index is 1.80. The summed E-state index contributed by atoms with van der Waals surface area (Å²) in [6.45, 7) is 3.77. The van der Waals surface area contributed by atoms with Gasteiger partial charge in [-0.1, -0.05) is 5.57 Å². The molecular formula is C12H16O4. The van der Waals surface area contributed by atoms with Crippen LogP contribution in [-0.2, 0) is 19.0 Å². The van der Waals surface area contributed by atoms with Crippen molar-refractivity contribution >= 4 is 5.78 Å². The number of carbonyl (C=O) groups excluding carboxylic acids is 1. The third kappa shape index (κ3) is 1.61. The second-order valence-electron chi connectivity index (χ2n) is 4.82. The number of hydrogen-bond donors (Lipinski definition) is 0. The minimum absolute atomic E-state index is 0.216. The van der Waals surface area contributed by atoms with Gasteiger partial charge in [0.05, 0.1) is 19.8 Å². The highest BCUT2D eigenvalue weighted by atomic mass is 16.9. The van der Waals surface area contributed by atoms with E-state index in [0.29, 0.717) is 44.5 Å². The van der Waals surface area contributed by atoms with Gasteiger partial charge in [-0.3, -0.25) is 4.79 Å². The summed E-state index contributed by atoms with van der Waals surface area (Å²) in [4.78, 5) is 11.5. The van der Waals surface area contributed by atoms with Crippen LogP contribution in [0.4, 0.5) is 0 Å². The average Bonchev–Trinajstić information content (AvgIpc) is 2.65. The van der Waals surface area contributed by atoms with Crippen LogP contribution in [0.1, 0.15) is 19.8 Å². The van der Waals surface area contributed by atoms with Crippen molar-refractivity contribution in [2.75, 3.05) is 19.8 Å². The molecule has 0 aromatic rings. The van der Waals surface area contributed by atoms with Gasteiger partial charge in [-0.25, -0.2) is 0 Å². The Morgan fingerprint density at radius 2 is 2.06 bits per heavy atom. The van der Waals surface area contributed by atoms with E-state index in [4.69, 9.17) is 14.2 Å². The molecule has 4 heteroatoms. The molecule has 0 amide bonds. The van der Waals surface area contributed by atoms with Crippen molar-refractivity contribution in [1.82, 2.24) is 0 Å². The van der Waals surface area contributed by atoms with Gasteiger partial charge < -0.3 is 14.2 Å². The van der Waals surface area contributed by atoms with E-state index in [1.165, 1.54) is 0 Å². The van der Waals surface area contributed by atoms with Crippen LogP contribution >= 0.6 is 0 Å². The van der Waals surface area contributed by atoms with Crippen LogP contribution in [0, 0.1) is 11.8 Å². The first kappa shape index (κ1) is 10.4.